The lowest BCUT2D eigenvalue weighted by Gasteiger charge is -2.08. The number of fused-ring (bicyclic) bond motifs is 1. The van der Waals surface area contributed by atoms with Gasteiger partial charge in [-0.1, -0.05) is 36.4 Å². The number of H-pyrrole nitrogens is 1. The van der Waals surface area contributed by atoms with Crippen LogP contribution in [0, 0.1) is 6.92 Å². The second-order valence-corrected chi connectivity index (χ2v) is 8.28. The van der Waals surface area contributed by atoms with Crippen molar-refractivity contribution in [2.24, 2.45) is 0 Å². The number of amides is 1. The Morgan fingerprint density at radius 1 is 0.853 bits per heavy atom. The largest absolute Gasteiger partial charge is 0.339 e. The molecule has 168 valence electrons. The minimum absolute atomic E-state index is 0.128. The van der Waals surface area contributed by atoms with Crippen molar-refractivity contribution in [2.75, 3.05) is 10.6 Å². The Kier molecular flexibility index (Phi) is 6.03. The Morgan fingerprint density at radius 2 is 1.74 bits per heavy atom. The summed E-state index contributed by atoms with van der Waals surface area (Å²) in [6.45, 7) is 1.97. The van der Waals surface area contributed by atoms with Crippen LogP contribution in [0.1, 0.15) is 27.3 Å². The Bertz CT molecular complexity index is 1440. The molecular weight excluding hydrogens is 422 g/mol. The lowest BCUT2D eigenvalue weighted by molar-refractivity contribution is 0.102. The number of carbonyl (C=O) groups excluding carboxylic acids is 1. The van der Waals surface area contributed by atoms with E-state index in [-0.39, 0.29) is 5.91 Å². The first-order chi connectivity index (χ1) is 16.6. The van der Waals surface area contributed by atoms with Gasteiger partial charge in [0.2, 0.25) is 0 Å². The number of nitrogens with one attached hydrogen (secondary N) is 3. The fraction of sp³-hybridized carbons (Fsp3) is 0.107. The second-order valence-electron chi connectivity index (χ2n) is 8.28. The zero-order valence-electron chi connectivity index (χ0n) is 18.9. The first-order valence-electron chi connectivity index (χ1n) is 11.3. The van der Waals surface area contributed by atoms with Crippen molar-refractivity contribution in [2.45, 2.75) is 19.8 Å². The molecule has 0 radical (unpaired) electrons. The van der Waals surface area contributed by atoms with Gasteiger partial charge in [0.05, 0.1) is 5.52 Å². The van der Waals surface area contributed by atoms with Gasteiger partial charge < -0.3 is 10.6 Å². The predicted molar refractivity (Wildman–Crippen MR) is 137 cm³/mol. The molecule has 0 atom stereocenters. The molecule has 5 aromatic rings. The summed E-state index contributed by atoms with van der Waals surface area (Å²) in [5.41, 5.74) is 6.41. The SMILES string of the molecule is Cc1ccc2cc(NC(=O)c3cccc(CCc4cc(Nc5ccccc5)n[nH]4)c3)ccc2n1. The third-order valence-corrected chi connectivity index (χ3v) is 5.64. The highest BCUT2D eigenvalue weighted by Gasteiger charge is 2.09. The maximum atomic E-state index is 12.9. The Hall–Kier alpha value is -4.45. The minimum Gasteiger partial charge on any atom is -0.339 e. The summed E-state index contributed by atoms with van der Waals surface area (Å²) in [5, 5.41) is 14.7. The molecule has 6 heteroatoms. The molecule has 5 rings (SSSR count). The van der Waals surface area contributed by atoms with Gasteiger partial charge in [-0.15, -0.1) is 0 Å². The standard InChI is InChI=1S/C28H25N5O/c1-19-10-12-21-17-24(14-15-26(21)29-19)31-28(34)22-7-5-6-20(16-22)11-13-25-18-27(33-32-25)30-23-8-3-2-4-9-23/h2-10,12,14-18H,11,13H2,1H3,(H,31,34)(H2,30,32,33). The third kappa shape index (κ3) is 5.13. The van der Waals surface area contributed by atoms with E-state index in [2.05, 4.69) is 25.8 Å². The molecule has 0 unspecified atom stereocenters. The van der Waals surface area contributed by atoms with Crippen LogP contribution in [0.3, 0.4) is 0 Å². The van der Waals surface area contributed by atoms with Crippen LogP contribution >= 0.6 is 0 Å². The number of hydrogen-bond acceptors (Lipinski definition) is 4. The van der Waals surface area contributed by atoms with Crippen LogP contribution in [0.15, 0.2) is 91.0 Å². The van der Waals surface area contributed by atoms with E-state index < -0.39 is 0 Å². The molecule has 2 aromatic heterocycles. The van der Waals surface area contributed by atoms with Gasteiger partial charge in [0.1, 0.15) is 0 Å². The van der Waals surface area contributed by atoms with Crippen molar-refractivity contribution >= 4 is 34.0 Å². The van der Waals surface area contributed by atoms with Crippen LogP contribution in [0.25, 0.3) is 10.9 Å². The normalized spacial score (nSPS) is 10.9. The average molecular weight is 448 g/mol. The number of aryl methyl sites for hydroxylation is 3. The molecule has 34 heavy (non-hydrogen) atoms. The zero-order valence-corrected chi connectivity index (χ0v) is 18.9. The highest BCUT2D eigenvalue weighted by Crippen LogP contribution is 2.20. The van der Waals surface area contributed by atoms with Gasteiger partial charge in [-0.2, -0.15) is 5.10 Å². The zero-order chi connectivity index (χ0) is 23.3. The van der Waals surface area contributed by atoms with E-state index in [1.165, 1.54) is 0 Å². The number of benzene rings is 3. The van der Waals surface area contributed by atoms with Crippen LogP contribution in [-0.4, -0.2) is 21.1 Å². The molecular formula is C28H25N5O. The van der Waals surface area contributed by atoms with Crippen molar-refractivity contribution < 1.29 is 4.79 Å². The summed E-state index contributed by atoms with van der Waals surface area (Å²) in [4.78, 5) is 17.4. The fourth-order valence-corrected chi connectivity index (χ4v) is 3.88. The second kappa shape index (κ2) is 9.58. The van der Waals surface area contributed by atoms with Gasteiger partial charge in [-0.25, -0.2) is 0 Å². The Morgan fingerprint density at radius 3 is 2.62 bits per heavy atom. The van der Waals surface area contributed by atoms with Crippen molar-refractivity contribution in [3.63, 3.8) is 0 Å². The van der Waals surface area contributed by atoms with Gasteiger partial charge in [-0.3, -0.25) is 14.9 Å². The van der Waals surface area contributed by atoms with E-state index in [9.17, 15) is 4.79 Å². The summed E-state index contributed by atoms with van der Waals surface area (Å²) in [6, 6.07) is 29.5. The predicted octanol–water partition coefficient (Wildman–Crippen LogP) is 6.05. The van der Waals surface area contributed by atoms with Gasteiger partial charge in [0.15, 0.2) is 5.82 Å². The lowest BCUT2D eigenvalue weighted by atomic mass is 10.0. The Balaban J connectivity index is 1.21. The maximum absolute atomic E-state index is 12.9. The summed E-state index contributed by atoms with van der Waals surface area (Å²) >= 11 is 0. The third-order valence-electron chi connectivity index (χ3n) is 5.64. The number of aromatic nitrogens is 3. The molecule has 0 aliphatic rings. The van der Waals surface area contributed by atoms with E-state index in [1.807, 2.05) is 97.9 Å². The number of hydrogen-bond donors (Lipinski definition) is 3. The monoisotopic (exact) mass is 447 g/mol. The molecule has 0 aliphatic carbocycles. The summed E-state index contributed by atoms with van der Waals surface area (Å²) in [6.07, 6.45) is 1.60. The van der Waals surface area contributed by atoms with Crippen LogP contribution in [0.2, 0.25) is 0 Å². The van der Waals surface area contributed by atoms with E-state index in [1.54, 1.807) is 0 Å². The van der Waals surface area contributed by atoms with E-state index in [4.69, 9.17) is 0 Å². The van der Waals surface area contributed by atoms with E-state index in [0.717, 1.165) is 57.9 Å². The molecule has 0 saturated heterocycles. The van der Waals surface area contributed by atoms with Crippen LogP contribution in [-0.2, 0) is 12.8 Å². The Labute approximate surface area is 198 Å². The number of anilines is 3. The quantitative estimate of drug-likeness (QED) is 0.284. The number of carbonyl (C=O) groups is 1. The molecule has 3 N–H and O–H groups in total. The summed E-state index contributed by atoms with van der Waals surface area (Å²) in [5.74, 6) is 0.659. The van der Waals surface area contributed by atoms with Gasteiger partial charge >= 0.3 is 0 Å². The topological polar surface area (TPSA) is 82.7 Å². The molecule has 2 heterocycles. The van der Waals surface area contributed by atoms with E-state index >= 15 is 0 Å². The molecule has 0 fully saturated rings. The maximum Gasteiger partial charge on any atom is 0.255 e. The van der Waals surface area contributed by atoms with Crippen LogP contribution in [0.5, 0.6) is 0 Å². The first-order valence-corrected chi connectivity index (χ1v) is 11.3. The molecule has 0 saturated carbocycles. The van der Waals surface area contributed by atoms with Gasteiger partial charge in [0.25, 0.3) is 5.91 Å². The number of pyridine rings is 1. The average Bonchev–Trinajstić information content (AvgIpc) is 3.31. The highest BCUT2D eigenvalue weighted by atomic mass is 16.1. The lowest BCUT2D eigenvalue weighted by Crippen LogP contribution is -2.12. The van der Waals surface area contributed by atoms with Crippen LogP contribution in [0.4, 0.5) is 17.2 Å². The first kappa shape index (κ1) is 21.4. The molecule has 6 nitrogen and oxygen atoms in total. The molecule has 0 bridgehead atoms. The van der Waals surface area contributed by atoms with Crippen molar-refractivity contribution in [3.8, 4) is 0 Å². The molecule has 0 spiro atoms. The summed E-state index contributed by atoms with van der Waals surface area (Å²) < 4.78 is 0. The summed E-state index contributed by atoms with van der Waals surface area (Å²) in [7, 11) is 0. The van der Waals surface area contributed by atoms with Crippen molar-refractivity contribution in [1.29, 1.82) is 0 Å². The number of para-hydroxylation sites is 1. The molecule has 1 amide bonds. The van der Waals surface area contributed by atoms with E-state index in [0.29, 0.717) is 5.56 Å². The number of rotatable bonds is 7. The fourth-order valence-electron chi connectivity index (χ4n) is 3.88. The van der Waals surface area contributed by atoms with Gasteiger partial charge in [-0.05, 0) is 73.9 Å². The molecule has 3 aromatic carbocycles. The number of nitrogens with zero attached hydrogens (tertiary/aromatic N) is 2. The van der Waals surface area contributed by atoms with Crippen molar-refractivity contribution in [1.82, 2.24) is 15.2 Å². The number of aromatic amines is 1. The van der Waals surface area contributed by atoms with Gasteiger partial charge in [0, 0.05) is 39.8 Å². The highest BCUT2D eigenvalue weighted by molar-refractivity contribution is 6.05. The minimum atomic E-state index is -0.128. The van der Waals surface area contributed by atoms with Crippen LogP contribution < -0.4 is 10.6 Å². The molecule has 0 aliphatic heterocycles. The smallest absolute Gasteiger partial charge is 0.255 e. The van der Waals surface area contributed by atoms with Crippen molar-refractivity contribution in [3.05, 3.63) is 114 Å².